The van der Waals surface area contributed by atoms with Gasteiger partial charge in [-0.2, -0.15) is 0 Å². The van der Waals surface area contributed by atoms with Crippen molar-refractivity contribution in [2.24, 2.45) is 5.92 Å². The molecule has 1 saturated heterocycles. The van der Waals surface area contributed by atoms with E-state index in [1.54, 1.807) is 0 Å². The first-order valence-corrected chi connectivity index (χ1v) is 6.94. The molecular weight excluding hydrogens is 224 g/mol. The molecule has 0 spiro atoms. The molecule has 1 heterocycles. The first kappa shape index (κ1) is 13.5. The van der Waals surface area contributed by atoms with Crippen LogP contribution in [0.15, 0.2) is 30.3 Å². The van der Waals surface area contributed by atoms with Crippen LogP contribution < -0.4 is 5.32 Å². The number of aliphatic hydroxyl groups is 1. The molecule has 0 amide bonds. The molecule has 0 aromatic heterocycles. The summed E-state index contributed by atoms with van der Waals surface area (Å²) in [6.07, 6.45) is 0.891. The molecule has 0 saturated carbocycles. The molecule has 3 heteroatoms. The van der Waals surface area contributed by atoms with E-state index in [0.717, 1.165) is 39.1 Å². The molecule has 1 fully saturated rings. The number of nitrogens with one attached hydrogen (secondary N) is 1. The van der Waals surface area contributed by atoms with Crippen molar-refractivity contribution in [2.75, 3.05) is 26.2 Å². The van der Waals surface area contributed by atoms with Gasteiger partial charge in [0.05, 0.1) is 6.10 Å². The maximum absolute atomic E-state index is 10.2. The van der Waals surface area contributed by atoms with Crippen molar-refractivity contribution >= 4 is 0 Å². The minimum Gasteiger partial charge on any atom is -0.391 e. The molecule has 1 aliphatic heterocycles. The zero-order chi connectivity index (χ0) is 12.8. The Morgan fingerprint density at radius 3 is 2.78 bits per heavy atom. The van der Waals surface area contributed by atoms with Crippen molar-refractivity contribution in [1.82, 2.24) is 10.2 Å². The van der Waals surface area contributed by atoms with Crippen LogP contribution in [-0.4, -0.2) is 42.3 Å². The van der Waals surface area contributed by atoms with Crippen LogP contribution in [0.1, 0.15) is 18.9 Å². The summed E-state index contributed by atoms with van der Waals surface area (Å²) in [5, 5.41) is 13.5. The van der Waals surface area contributed by atoms with Crippen molar-refractivity contribution in [1.29, 1.82) is 0 Å². The van der Waals surface area contributed by atoms with Gasteiger partial charge in [-0.1, -0.05) is 37.3 Å². The summed E-state index contributed by atoms with van der Waals surface area (Å²) in [5.41, 5.74) is 1.33. The molecule has 3 nitrogen and oxygen atoms in total. The van der Waals surface area contributed by atoms with Crippen LogP contribution in [0.5, 0.6) is 0 Å². The Hall–Kier alpha value is -0.900. The van der Waals surface area contributed by atoms with Crippen LogP contribution in [0.4, 0.5) is 0 Å². The Bertz CT molecular complexity index is 342. The zero-order valence-electron chi connectivity index (χ0n) is 11.2. The SMILES string of the molecule is CCNC[C@@H]1CCN(Cc2ccccc2)C[C@@H]1O. The van der Waals surface area contributed by atoms with Gasteiger partial charge in [0.25, 0.3) is 0 Å². The molecular formula is C15H24N2O. The minimum absolute atomic E-state index is 0.193. The predicted octanol–water partition coefficient (Wildman–Crippen LogP) is 1.48. The fourth-order valence-corrected chi connectivity index (χ4v) is 2.60. The van der Waals surface area contributed by atoms with Crippen molar-refractivity contribution in [3.63, 3.8) is 0 Å². The summed E-state index contributed by atoms with van der Waals surface area (Å²) in [7, 11) is 0. The van der Waals surface area contributed by atoms with Crippen molar-refractivity contribution < 1.29 is 5.11 Å². The van der Waals surface area contributed by atoms with Gasteiger partial charge >= 0.3 is 0 Å². The largest absolute Gasteiger partial charge is 0.391 e. The number of hydrogen-bond acceptors (Lipinski definition) is 3. The summed E-state index contributed by atoms with van der Waals surface area (Å²) < 4.78 is 0. The normalized spacial score (nSPS) is 25.2. The lowest BCUT2D eigenvalue weighted by Crippen LogP contribution is -2.46. The van der Waals surface area contributed by atoms with Crippen LogP contribution in [0.2, 0.25) is 0 Å². The Labute approximate surface area is 110 Å². The van der Waals surface area contributed by atoms with E-state index in [2.05, 4.69) is 41.4 Å². The Morgan fingerprint density at radius 1 is 1.33 bits per heavy atom. The second kappa shape index (κ2) is 6.88. The highest BCUT2D eigenvalue weighted by molar-refractivity contribution is 5.14. The van der Waals surface area contributed by atoms with Gasteiger partial charge in [-0.15, -0.1) is 0 Å². The first-order valence-electron chi connectivity index (χ1n) is 6.94. The van der Waals surface area contributed by atoms with Gasteiger partial charge < -0.3 is 10.4 Å². The number of β-amino-alcohol motifs (C(OH)–C–C–N with tert-alkyl or cyclic N) is 1. The van der Waals surface area contributed by atoms with E-state index < -0.39 is 0 Å². The number of aliphatic hydroxyl groups excluding tert-OH is 1. The van der Waals surface area contributed by atoms with Crippen LogP contribution in [-0.2, 0) is 6.54 Å². The van der Waals surface area contributed by atoms with E-state index in [4.69, 9.17) is 0 Å². The number of benzene rings is 1. The molecule has 2 N–H and O–H groups in total. The van der Waals surface area contributed by atoms with E-state index in [9.17, 15) is 5.11 Å². The summed E-state index contributed by atoms with van der Waals surface area (Å²) in [6, 6.07) is 10.5. The molecule has 0 aliphatic carbocycles. The fraction of sp³-hybridized carbons (Fsp3) is 0.600. The number of nitrogens with zero attached hydrogens (tertiary/aromatic N) is 1. The van der Waals surface area contributed by atoms with E-state index >= 15 is 0 Å². The fourth-order valence-electron chi connectivity index (χ4n) is 2.60. The Kier molecular flexibility index (Phi) is 5.17. The van der Waals surface area contributed by atoms with Crippen molar-refractivity contribution in [3.8, 4) is 0 Å². The quantitative estimate of drug-likeness (QED) is 0.828. The van der Waals surface area contributed by atoms with Crippen LogP contribution in [0.25, 0.3) is 0 Å². The monoisotopic (exact) mass is 248 g/mol. The lowest BCUT2D eigenvalue weighted by molar-refractivity contribution is 0.0191. The number of hydrogen-bond donors (Lipinski definition) is 2. The molecule has 0 unspecified atom stereocenters. The van der Waals surface area contributed by atoms with E-state index in [-0.39, 0.29) is 6.10 Å². The third kappa shape index (κ3) is 3.80. The minimum atomic E-state index is -0.193. The molecule has 1 aromatic carbocycles. The van der Waals surface area contributed by atoms with Gasteiger partial charge in [0.2, 0.25) is 0 Å². The summed E-state index contributed by atoms with van der Waals surface area (Å²) >= 11 is 0. The molecule has 100 valence electrons. The van der Waals surface area contributed by atoms with E-state index in [0.29, 0.717) is 5.92 Å². The highest BCUT2D eigenvalue weighted by atomic mass is 16.3. The van der Waals surface area contributed by atoms with Crippen molar-refractivity contribution in [3.05, 3.63) is 35.9 Å². The summed E-state index contributed by atoms with van der Waals surface area (Å²) in [6.45, 7) is 6.86. The van der Waals surface area contributed by atoms with Gasteiger partial charge in [0, 0.05) is 19.6 Å². The van der Waals surface area contributed by atoms with Crippen LogP contribution in [0.3, 0.4) is 0 Å². The number of piperidine rings is 1. The molecule has 2 atom stereocenters. The third-order valence-corrected chi connectivity index (χ3v) is 3.71. The molecule has 0 radical (unpaired) electrons. The van der Waals surface area contributed by atoms with Crippen LogP contribution in [0, 0.1) is 5.92 Å². The molecule has 1 aliphatic rings. The second-order valence-electron chi connectivity index (χ2n) is 5.14. The average molecular weight is 248 g/mol. The van der Waals surface area contributed by atoms with Gasteiger partial charge in [-0.25, -0.2) is 0 Å². The first-order chi connectivity index (χ1) is 8.79. The smallest absolute Gasteiger partial charge is 0.0707 e. The summed E-state index contributed by atoms with van der Waals surface area (Å²) in [5.74, 6) is 0.414. The topological polar surface area (TPSA) is 35.5 Å². The lowest BCUT2D eigenvalue weighted by Gasteiger charge is -2.36. The predicted molar refractivity (Wildman–Crippen MR) is 74.4 cm³/mol. The van der Waals surface area contributed by atoms with E-state index in [1.165, 1.54) is 5.56 Å². The Balaban J connectivity index is 1.81. The van der Waals surface area contributed by atoms with Gasteiger partial charge in [-0.05, 0) is 31.0 Å². The molecule has 1 aromatic rings. The van der Waals surface area contributed by atoms with Crippen LogP contribution >= 0.6 is 0 Å². The maximum Gasteiger partial charge on any atom is 0.0707 e. The third-order valence-electron chi connectivity index (χ3n) is 3.71. The highest BCUT2D eigenvalue weighted by Crippen LogP contribution is 2.19. The second-order valence-corrected chi connectivity index (χ2v) is 5.14. The summed E-state index contributed by atoms with van der Waals surface area (Å²) in [4.78, 5) is 2.35. The average Bonchev–Trinajstić information content (AvgIpc) is 2.39. The van der Waals surface area contributed by atoms with Gasteiger partial charge in [0.1, 0.15) is 0 Å². The molecule has 0 bridgehead atoms. The lowest BCUT2D eigenvalue weighted by atomic mass is 9.93. The standard InChI is InChI=1S/C15H24N2O/c1-2-16-10-14-8-9-17(12-15(14)18)11-13-6-4-3-5-7-13/h3-7,14-16,18H,2,8-12H2,1H3/t14-,15-/m0/s1. The van der Waals surface area contributed by atoms with Gasteiger partial charge in [-0.3, -0.25) is 4.90 Å². The zero-order valence-corrected chi connectivity index (χ0v) is 11.2. The Morgan fingerprint density at radius 2 is 2.11 bits per heavy atom. The maximum atomic E-state index is 10.2. The van der Waals surface area contributed by atoms with Gasteiger partial charge in [0.15, 0.2) is 0 Å². The molecule has 18 heavy (non-hydrogen) atoms. The molecule has 2 rings (SSSR count). The number of likely N-dealkylation sites (tertiary alicyclic amines) is 1. The highest BCUT2D eigenvalue weighted by Gasteiger charge is 2.26. The van der Waals surface area contributed by atoms with Crippen molar-refractivity contribution in [2.45, 2.75) is 26.0 Å². The van der Waals surface area contributed by atoms with E-state index in [1.807, 2.05) is 6.07 Å². The number of rotatable bonds is 5.